The van der Waals surface area contributed by atoms with Gasteiger partial charge in [-0.3, -0.25) is 9.52 Å². The molecule has 1 aliphatic rings. The maximum Gasteiger partial charge on any atom is 0.253 e. The Morgan fingerprint density at radius 2 is 2.04 bits per heavy atom. The second kappa shape index (κ2) is 9.25. The maximum absolute atomic E-state index is 12.6. The van der Waals surface area contributed by atoms with Crippen LogP contribution in [0.4, 0.5) is 5.69 Å². The smallest absolute Gasteiger partial charge is 0.253 e. The molecule has 0 radical (unpaired) electrons. The van der Waals surface area contributed by atoms with Gasteiger partial charge in [0, 0.05) is 6.04 Å². The molecular formula is C16H26ClN3O3S. The number of para-hydroxylation sites is 1. The number of hydrogen-bond donors (Lipinski definition) is 3. The summed E-state index contributed by atoms with van der Waals surface area (Å²) in [6, 6.07) is 6.81. The number of benzene rings is 1. The molecule has 8 heteroatoms. The van der Waals surface area contributed by atoms with E-state index < -0.39 is 10.0 Å². The van der Waals surface area contributed by atoms with Crippen molar-refractivity contribution >= 4 is 34.0 Å². The maximum atomic E-state index is 12.6. The Balaban J connectivity index is 0.00000288. The van der Waals surface area contributed by atoms with Gasteiger partial charge in [-0.2, -0.15) is 0 Å². The molecule has 1 aromatic rings. The molecule has 1 amide bonds. The fraction of sp³-hybridized carbons (Fsp3) is 0.562. The first-order chi connectivity index (χ1) is 10.9. The fourth-order valence-corrected chi connectivity index (χ4v) is 3.88. The highest BCUT2D eigenvalue weighted by atomic mass is 35.5. The molecule has 1 aromatic carbocycles. The first kappa shape index (κ1) is 20.7. The molecular weight excluding hydrogens is 350 g/mol. The van der Waals surface area contributed by atoms with E-state index in [0.717, 1.165) is 19.5 Å². The van der Waals surface area contributed by atoms with Crippen molar-refractivity contribution in [2.24, 2.45) is 5.92 Å². The Hall–Kier alpha value is -1.31. The van der Waals surface area contributed by atoms with Crippen molar-refractivity contribution in [2.45, 2.75) is 32.7 Å². The second-order valence-corrected chi connectivity index (χ2v) is 7.86. The van der Waals surface area contributed by atoms with Gasteiger partial charge in [0.25, 0.3) is 5.91 Å². The molecule has 0 saturated carbocycles. The van der Waals surface area contributed by atoms with Crippen molar-refractivity contribution < 1.29 is 13.2 Å². The highest BCUT2D eigenvalue weighted by molar-refractivity contribution is 7.92. The van der Waals surface area contributed by atoms with E-state index in [1.165, 1.54) is 0 Å². The number of halogens is 1. The minimum Gasteiger partial charge on any atom is -0.349 e. The molecule has 1 fully saturated rings. The monoisotopic (exact) mass is 375 g/mol. The lowest BCUT2D eigenvalue weighted by atomic mass is 9.95. The molecule has 0 spiro atoms. The highest BCUT2D eigenvalue weighted by Crippen LogP contribution is 2.18. The normalized spacial score (nSPS) is 20.8. The summed E-state index contributed by atoms with van der Waals surface area (Å²) in [4.78, 5) is 12.6. The lowest BCUT2D eigenvalue weighted by Crippen LogP contribution is -2.48. The van der Waals surface area contributed by atoms with Crippen LogP contribution in [0.2, 0.25) is 0 Å². The third kappa shape index (κ3) is 5.65. The molecule has 1 heterocycles. The van der Waals surface area contributed by atoms with Crippen LogP contribution in [0.15, 0.2) is 24.3 Å². The van der Waals surface area contributed by atoms with Gasteiger partial charge in [-0.1, -0.05) is 26.0 Å². The lowest BCUT2D eigenvalue weighted by molar-refractivity contribution is 0.0915. The van der Waals surface area contributed by atoms with Crippen LogP contribution < -0.4 is 15.4 Å². The Morgan fingerprint density at radius 1 is 1.33 bits per heavy atom. The number of nitrogens with one attached hydrogen (secondary N) is 3. The number of carbonyl (C=O) groups is 1. The summed E-state index contributed by atoms with van der Waals surface area (Å²) in [5.74, 6) is 0.143. The molecule has 3 N–H and O–H groups in total. The average Bonchev–Trinajstić information content (AvgIpc) is 2.49. The minimum atomic E-state index is -3.42. The molecule has 6 nitrogen and oxygen atoms in total. The van der Waals surface area contributed by atoms with Gasteiger partial charge in [-0.05, 0) is 44.0 Å². The number of rotatable bonds is 6. The highest BCUT2D eigenvalue weighted by Gasteiger charge is 2.24. The second-order valence-electron chi connectivity index (χ2n) is 6.02. The Bertz CT molecular complexity index is 652. The van der Waals surface area contributed by atoms with Crippen molar-refractivity contribution in [3.05, 3.63) is 29.8 Å². The van der Waals surface area contributed by atoms with Crippen molar-refractivity contribution in [2.75, 3.05) is 23.6 Å². The van der Waals surface area contributed by atoms with Gasteiger partial charge in [0.1, 0.15) is 0 Å². The number of carbonyl (C=O) groups excluding carboxylic acids is 1. The molecule has 0 aromatic heterocycles. The molecule has 0 bridgehead atoms. The molecule has 1 saturated heterocycles. The van der Waals surface area contributed by atoms with Crippen molar-refractivity contribution in [3.63, 3.8) is 0 Å². The van der Waals surface area contributed by atoms with Gasteiger partial charge in [-0.15, -0.1) is 12.4 Å². The van der Waals surface area contributed by atoms with Crippen molar-refractivity contribution in [1.29, 1.82) is 0 Å². The molecule has 136 valence electrons. The summed E-state index contributed by atoms with van der Waals surface area (Å²) in [5, 5.41) is 6.32. The van der Waals surface area contributed by atoms with E-state index in [2.05, 4.69) is 22.3 Å². The standard InChI is InChI=1S/C16H25N3O3S.ClH/c1-3-10-23(21,22)19-15-7-5-4-6-13(15)16(20)18-14-8-9-17-11-12(14)2;/h4-7,12,14,17,19H,3,8-11H2,1-2H3,(H,18,20);1H. The van der Waals surface area contributed by atoms with Gasteiger partial charge in [-0.25, -0.2) is 8.42 Å². The van der Waals surface area contributed by atoms with E-state index >= 15 is 0 Å². The molecule has 2 unspecified atom stereocenters. The van der Waals surface area contributed by atoms with Crippen LogP contribution in [0.5, 0.6) is 0 Å². The average molecular weight is 376 g/mol. The number of sulfonamides is 1. The fourth-order valence-electron chi connectivity index (χ4n) is 2.73. The van der Waals surface area contributed by atoms with Crippen molar-refractivity contribution in [1.82, 2.24) is 10.6 Å². The molecule has 2 rings (SSSR count). The number of anilines is 1. The predicted molar refractivity (Wildman–Crippen MR) is 99.3 cm³/mol. The zero-order valence-electron chi connectivity index (χ0n) is 14.0. The molecule has 1 aliphatic heterocycles. The van der Waals surface area contributed by atoms with Crippen LogP contribution in [0.3, 0.4) is 0 Å². The first-order valence-corrected chi connectivity index (χ1v) is 9.69. The third-order valence-electron chi connectivity index (χ3n) is 4.01. The van der Waals surface area contributed by atoms with Gasteiger partial charge in [0.05, 0.1) is 17.0 Å². The molecule has 0 aliphatic carbocycles. The van der Waals surface area contributed by atoms with Gasteiger partial charge in [0.2, 0.25) is 10.0 Å². The van der Waals surface area contributed by atoms with E-state index in [1.54, 1.807) is 31.2 Å². The predicted octanol–water partition coefficient (Wildman–Crippen LogP) is 1.99. The quantitative estimate of drug-likeness (QED) is 0.709. The van der Waals surface area contributed by atoms with Crippen LogP contribution in [0.25, 0.3) is 0 Å². The van der Waals surface area contributed by atoms with Crippen LogP contribution in [0, 0.1) is 5.92 Å². The minimum absolute atomic E-state index is 0. The summed E-state index contributed by atoms with van der Waals surface area (Å²) in [7, 11) is -3.42. The van der Waals surface area contributed by atoms with Crippen LogP contribution in [-0.2, 0) is 10.0 Å². The van der Waals surface area contributed by atoms with E-state index in [0.29, 0.717) is 23.6 Å². The van der Waals surface area contributed by atoms with E-state index in [1.807, 2.05) is 0 Å². The number of piperidine rings is 1. The zero-order valence-corrected chi connectivity index (χ0v) is 15.7. The molecule has 24 heavy (non-hydrogen) atoms. The van der Waals surface area contributed by atoms with Crippen molar-refractivity contribution in [3.8, 4) is 0 Å². The number of hydrogen-bond acceptors (Lipinski definition) is 4. The summed E-state index contributed by atoms with van der Waals surface area (Å²) in [6.07, 6.45) is 1.40. The van der Waals surface area contributed by atoms with Gasteiger partial charge < -0.3 is 10.6 Å². The largest absolute Gasteiger partial charge is 0.349 e. The van der Waals surface area contributed by atoms with Crippen LogP contribution >= 0.6 is 12.4 Å². The Kier molecular flexibility index (Phi) is 7.99. The third-order valence-corrected chi connectivity index (χ3v) is 5.49. The summed E-state index contributed by atoms with van der Waals surface area (Å²) in [5.41, 5.74) is 0.693. The summed E-state index contributed by atoms with van der Waals surface area (Å²) >= 11 is 0. The van der Waals surface area contributed by atoms with E-state index in [-0.39, 0.29) is 30.1 Å². The van der Waals surface area contributed by atoms with Crippen LogP contribution in [-0.4, -0.2) is 39.2 Å². The van der Waals surface area contributed by atoms with Gasteiger partial charge in [0.15, 0.2) is 0 Å². The van der Waals surface area contributed by atoms with Gasteiger partial charge >= 0.3 is 0 Å². The van der Waals surface area contributed by atoms with E-state index in [9.17, 15) is 13.2 Å². The number of amides is 1. The summed E-state index contributed by atoms with van der Waals surface area (Å²) in [6.45, 7) is 5.64. The lowest BCUT2D eigenvalue weighted by Gasteiger charge is -2.30. The topological polar surface area (TPSA) is 87.3 Å². The first-order valence-electron chi connectivity index (χ1n) is 8.04. The Morgan fingerprint density at radius 3 is 2.71 bits per heavy atom. The molecule has 2 atom stereocenters. The zero-order chi connectivity index (χ0) is 16.9. The Labute approximate surface area is 150 Å². The van der Waals surface area contributed by atoms with Crippen LogP contribution in [0.1, 0.15) is 37.0 Å². The van der Waals surface area contributed by atoms with E-state index in [4.69, 9.17) is 0 Å². The SMILES string of the molecule is CCCS(=O)(=O)Nc1ccccc1C(=O)NC1CCNCC1C.Cl. The summed E-state index contributed by atoms with van der Waals surface area (Å²) < 4.78 is 26.4.